The van der Waals surface area contributed by atoms with E-state index in [0.717, 1.165) is 36.6 Å². The fourth-order valence-corrected chi connectivity index (χ4v) is 3.10. The molecule has 1 atom stereocenters. The van der Waals surface area contributed by atoms with Crippen molar-refractivity contribution in [3.63, 3.8) is 0 Å². The maximum atomic E-state index is 12.8. The maximum absolute atomic E-state index is 12.8. The molecule has 0 spiro atoms. The average molecular weight is 340 g/mol. The van der Waals surface area contributed by atoms with Gasteiger partial charge in [-0.25, -0.2) is 9.97 Å². The lowest BCUT2D eigenvalue weighted by atomic mass is 10.00. The molecular weight excluding hydrogens is 316 g/mol. The molecule has 2 heterocycles. The Hall–Kier alpha value is -2.63. The van der Waals surface area contributed by atoms with Gasteiger partial charge in [0.25, 0.3) is 5.91 Å². The first kappa shape index (κ1) is 17.2. The molecule has 25 heavy (non-hydrogen) atoms. The molecule has 0 radical (unpaired) electrons. The lowest BCUT2D eigenvalue weighted by Gasteiger charge is -2.30. The highest BCUT2D eigenvalue weighted by Gasteiger charge is 2.23. The number of aromatic nitrogens is 2. The number of hydrogen-bond acceptors (Lipinski definition) is 5. The van der Waals surface area contributed by atoms with Gasteiger partial charge in [-0.3, -0.25) is 4.79 Å². The van der Waals surface area contributed by atoms with Gasteiger partial charge >= 0.3 is 0 Å². The van der Waals surface area contributed by atoms with Crippen LogP contribution in [0.4, 0.5) is 11.6 Å². The van der Waals surface area contributed by atoms with E-state index in [9.17, 15) is 4.79 Å². The van der Waals surface area contributed by atoms with E-state index in [0.29, 0.717) is 17.6 Å². The van der Waals surface area contributed by atoms with E-state index in [2.05, 4.69) is 22.2 Å². The molecule has 3 rings (SSSR count). The highest BCUT2D eigenvalue weighted by atomic mass is 16.5. The minimum atomic E-state index is -0.0225. The minimum Gasteiger partial charge on any atom is -0.497 e. The number of likely N-dealkylation sites (tertiary alicyclic amines) is 1. The topological polar surface area (TPSA) is 67.3 Å². The summed E-state index contributed by atoms with van der Waals surface area (Å²) >= 11 is 0. The van der Waals surface area contributed by atoms with Gasteiger partial charge in [-0.05, 0) is 43.9 Å². The molecule has 0 bridgehead atoms. The fraction of sp³-hybridized carbons (Fsp3) is 0.421. The zero-order valence-electron chi connectivity index (χ0n) is 15.0. The Kier molecular flexibility index (Phi) is 5.16. The third-order valence-corrected chi connectivity index (χ3v) is 4.34. The van der Waals surface area contributed by atoms with Crippen LogP contribution in [0.2, 0.25) is 0 Å². The van der Waals surface area contributed by atoms with Crippen molar-refractivity contribution in [2.24, 2.45) is 5.92 Å². The van der Waals surface area contributed by atoms with Gasteiger partial charge in [0.2, 0.25) is 5.95 Å². The number of rotatable bonds is 4. The first-order valence-corrected chi connectivity index (χ1v) is 8.61. The Labute approximate surface area is 148 Å². The van der Waals surface area contributed by atoms with Crippen molar-refractivity contribution in [2.45, 2.75) is 26.7 Å². The molecule has 132 valence electrons. The molecule has 6 heteroatoms. The molecular formula is C19H24N4O2. The SMILES string of the molecule is COc1cccc(Nc2nc(C)cc(C(=O)N3CCCC(C)C3)n2)c1. The van der Waals surface area contributed by atoms with Crippen molar-refractivity contribution < 1.29 is 9.53 Å². The number of methoxy groups -OCH3 is 1. The first-order valence-electron chi connectivity index (χ1n) is 8.61. The van der Waals surface area contributed by atoms with Gasteiger partial charge in [0.05, 0.1) is 7.11 Å². The maximum Gasteiger partial charge on any atom is 0.272 e. The van der Waals surface area contributed by atoms with Crippen LogP contribution in [0, 0.1) is 12.8 Å². The number of ether oxygens (including phenoxy) is 1. The number of carbonyl (C=O) groups is 1. The van der Waals surface area contributed by atoms with Gasteiger partial charge in [0, 0.05) is 30.5 Å². The summed E-state index contributed by atoms with van der Waals surface area (Å²) in [6.45, 7) is 5.64. The molecule has 6 nitrogen and oxygen atoms in total. The van der Waals surface area contributed by atoms with Crippen LogP contribution in [-0.2, 0) is 0 Å². The Morgan fingerprint density at radius 2 is 2.16 bits per heavy atom. The quantitative estimate of drug-likeness (QED) is 0.924. The van der Waals surface area contributed by atoms with Gasteiger partial charge in [-0.1, -0.05) is 13.0 Å². The lowest BCUT2D eigenvalue weighted by molar-refractivity contribution is 0.0677. The van der Waals surface area contributed by atoms with Crippen LogP contribution in [0.3, 0.4) is 0 Å². The van der Waals surface area contributed by atoms with Gasteiger partial charge in [-0.15, -0.1) is 0 Å². The number of carbonyl (C=O) groups excluding carboxylic acids is 1. The molecule has 1 amide bonds. The van der Waals surface area contributed by atoms with Crippen LogP contribution in [0.25, 0.3) is 0 Å². The Balaban J connectivity index is 1.81. The van der Waals surface area contributed by atoms with E-state index in [4.69, 9.17) is 4.74 Å². The second kappa shape index (κ2) is 7.51. The summed E-state index contributed by atoms with van der Waals surface area (Å²) in [4.78, 5) is 23.5. The monoisotopic (exact) mass is 340 g/mol. The van der Waals surface area contributed by atoms with Crippen LogP contribution in [0.5, 0.6) is 5.75 Å². The number of amides is 1. The van der Waals surface area contributed by atoms with E-state index >= 15 is 0 Å². The molecule has 1 unspecified atom stereocenters. The molecule has 1 aliphatic heterocycles. The van der Waals surface area contributed by atoms with E-state index in [1.165, 1.54) is 6.42 Å². The number of hydrogen-bond donors (Lipinski definition) is 1. The molecule has 1 aromatic carbocycles. The van der Waals surface area contributed by atoms with Crippen LogP contribution in [0.1, 0.15) is 35.9 Å². The number of nitrogens with one attached hydrogen (secondary N) is 1. The first-order chi connectivity index (χ1) is 12.0. The van der Waals surface area contributed by atoms with Gasteiger partial charge < -0.3 is 15.0 Å². The summed E-state index contributed by atoms with van der Waals surface area (Å²) in [5, 5.41) is 3.15. The zero-order chi connectivity index (χ0) is 17.8. The molecule has 0 saturated carbocycles. The van der Waals surface area contributed by atoms with Crippen molar-refractivity contribution in [1.29, 1.82) is 0 Å². The summed E-state index contributed by atoms with van der Waals surface area (Å²) in [6, 6.07) is 9.27. The highest BCUT2D eigenvalue weighted by Crippen LogP contribution is 2.21. The van der Waals surface area contributed by atoms with Crippen molar-refractivity contribution >= 4 is 17.5 Å². The highest BCUT2D eigenvalue weighted by molar-refractivity contribution is 5.92. The second-order valence-electron chi connectivity index (χ2n) is 6.57. The van der Waals surface area contributed by atoms with E-state index in [1.807, 2.05) is 36.1 Å². The molecule has 1 N–H and O–H groups in total. The number of anilines is 2. The summed E-state index contributed by atoms with van der Waals surface area (Å²) in [7, 11) is 1.62. The predicted molar refractivity (Wildman–Crippen MR) is 97.3 cm³/mol. The summed E-state index contributed by atoms with van der Waals surface area (Å²) < 4.78 is 5.23. The number of benzene rings is 1. The normalized spacial score (nSPS) is 17.2. The smallest absolute Gasteiger partial charge is 0.272 e. The Morgan fingerprint density at radius 1 is 1.32 bits per heavy atom. The van der Waals surface area contributed by atoms with Gasteiger partial charge in [0.15, 0.2) is 0 Å². The molecule has 2 aromatic rings. The third-order valence-electron chi connectivity index (χ3n) is 4.34. The minimum absolute atomic E-state index is 0.0225. The standard InChI is InChI=1S/C19H24N4O2/c1-13-6-5-9-23(12-13)18(24)17-10-14(2)20-19(22-17)21-15-7-4-8-16(11-15)25-3/h4,7-8,10-11,13H,5-6,9,12H2,1-3H3,(H,20,21,22). The van der Waals surface area contributed by atoms with Crippen LogP contribution in [0.15, 0.2) is 30.3 Å². The predicted octanol–water partition coefficient (Wildman–Crippen LogP) is 3.41. The average Bonchev–Trinajstić information content (AvgIpc) is 2.60. The van der Waals surface area contributed by atoms with E-state index in [1.54, 1.807) is 13.2 Å². The summed E-state index contributed by atoms with van der Waals surface area (Å²) in [6.07, 6.45) is 2.22. The molecule has 1 aliphatic rings. The Bertz CT molecular complexity index is 763. The van der Waals surface area contributed by atoms with Crippen LogP contribution < -0.4 is 10.1 Å². The molecule has 0 aliphatic carbocycles. The van der Waals surface area contributed by atoms with E-state index in [-0.39, 0.29) is 5.91 Å². The largest absolute Gasteiger partial charge is 0.497 e. The van der Waals surface area contributed by atoms with Gasteiger partial charge in [0.1, 0.15) is 11.4 Å². The summed E-state index contributed by atoms with van der Waals surface area (Å²) in [5.41, 5.74) is 2.01. The third kappa shape index (κ3) is 4.26. The summed E-state index contributed by atoms with van der Waals surface area (Å²) in [5.74, 6) is 1.68. The van der Waals surface area contributed by atoms with Crippen molar-refractivity contribution in [1.82, 2.24) is 14.9 Å². The number of aryl methyl sites for hydroxylation is 1. The van der Waals surface area contributed by atoms with Crippen LogP contribution >= 0.6 is 0 Å². The fourth-order valence-electron chi connectivity index (χ4n) is 3.10. The number of piperidine rings is 1. The molecule has 1 fully saturated rings. The van der Waals surface area contributed by atoms with Crippen molar-refractivity contribution in [3.05, 3.63) is 41.7 Å². The lowest BCUT2D eigenvalue weighted by Crippen LogP contribution is -2.39. The second-order valence-corrected chi connectivity index (χ2v) is 6.57. The zero-order valence-corrected chi connectivity index (χ0v) is 15.0. The van der Waals surface area contributed by atoms with Crippen molar-refractivity contribution in [3.8, 4) is 5.75 Å². The van der Waals surface area contributed by atoms with Crippen molar-refractivity contribution in [2.75, 3.05) is 25.5 Å². The Morgan fingerprint density at radius 3 is 2.92 bits per heavy atom. The molecule has 1 saturated heterocycles. The van der Waals surface area contributed by atoms with E-state index < -0.39 is 0 Å². The number of nitrogens with zero attached hydrogens (tertiary/aromatic N) is 3. The van der Waals surface area contributed by atoms with Crippen LogP contribution in [-0.4, -0.2) is 41.0 Å². The van der Waals surface area contributed by atoms with Gasteiger partial charge in [-0.2, -0.15) is 0 Å². The molecule has 1 aromatic heterocycles.